The van der Waals surface area contributed by atoms with Gasteiger partial charge in [0.1, 0.15) is 11.8 Å². The smallest absolute Gasteiger partial charge is 0.209 e. The van der Waals surface area contributed by atoms with Crippen LogP contribution in [0.3, 0.4) is 0 Å². The van der Waals surface area contributed by atoms with Gasteiger partial charge in [-0.3, -0.25) is 0 Å². The van der Waals surface area contributed by atoms with Crippen LogP contribution in [-0.2, 0) is 5.88 Å². The predicted octanol–water partition coefficient (Wildman–Crippen LogP) is 3.83. The zero-order valence-corrected chi connectivity index (χ0v) is 9.07. The quantitative estimate of drug-likeness (QED) is 0.632. The van der Waals surface area contributed by atoms with Gasteiger partial charge in [0, 0.05) is 5.39 Å². The lowest BCUT2D eigenvalue weighted by Gasteiger charge is -1.91. The Morgan fingerprint density at radius 3 is 2.94 bits per heavy atom. The zero-order valence-electron chi connectivity index (χ0n) is 8.31. The van der Waals surface area contributed by atoms with Gasteiger partial charge in [0.2, 0.25) is 5.89 Å². The first-order valence-electron chi connectivity index (χ1n) is 4.86. The van der Waals surface area contributed by atoms with Crippen molar-refractivity contribution in [2.75, 3.05) is 0 Å². The number of oxazole rings is 1. The van der Waals surface area contributed by atoms with Gasteiger partial charge in [-0.1, -0.05) is 18.2 Å². The maximum absolute atomic E-state index is 5.64. The van der Waals surface area contributed by atoms with Crippen molar-refractivity contribution in [3.05, 3.63) is 42.6 Å². The van der Waals surface area contributed by atoms with Gasteiger partial charge in [0.25, 0.3) is 0 Å². The second kappa shape index (κ2) is 3.68. The Bertz CT molecular complexity index is 627. The third-order valence-corrected chi connectivity index (χ3v) is 2.64. The molecule has 80 valence electrons. The highest BCUT2D eigenvalue weighted by Crippen LogP contribution is 2.30. The Morgan fingerprint density at radius 1 is 1.25 bits per heavy atom. The molecule has 0 N–H and O–H groups in total. The van der Waals surface area contributed by atoms with Crippen LogP contribution in [-0.4, -0.2) is 4.98 Å². The number of nitrogens with zero attached hydrogens (tertiary/aromatic N) is 1. The normalized spacial score (nSPS) is 11.1. The summed E-state index contributed by atoms with van der Waals surface area (Å²) in [6, 6.07) is 7.79. The van der Waals surface area contributed by atoms with Gasteiger partial charge in [0.15, 0.2) is 5.76 Å². The molecule has 0 atom stereocenters. The summed E-state index contributed by atoms with van der Waals surface area (Å²) in [6.45, 7) is 0. The Kier molecular flexibility index (Phi) is 2.18. The average Bonchev–Trinajstić information content (AvgIpc) is 2.94. The summed E-state index contributed by atoms with van der Waals surface area (Å²) in [7, 11) is 0. The van der Waals surface area contributed by atoms with Crippen molar-refractivity contribution in [2.45, 2.75) is 5.88 Å². The van der Waals surface area contributed by atoms with Crippen molar-refractivity contribution in [1.29, 1.82) is 0 Å². The van der Waals surface area contributed by atoms with E-state index < -0.39 is 0 Å². The number of hydrogen-bond acceptors (Lipinski definition) is 3. The molecule has 0 radical (unpaired) electrons. The summed E-state index contributed by atoms with van der Waals surface area (Å²) >= 11 is 5.64. The van der Waals surface area contributed by atoms with E-state index in [1.807, 2.05) is 24.3 Å². The van der Waals surface area contributed by atoms with Crippen molar-refractivity contribution in [1.82, 2.24) is 4.98 Å². The number of halogens is 1. The first-order chi connectivity index (χ1) is 7.88. The van der Waals surface area contributed by atoms with Crippen molar-refractivity contribution < 1.29 is 8.83 Å². The Labute approximate surface area is 96.6 Å². The molecule has 1 aromatic carbocycles. The highest BCUT2D eigenvalue weighted by molar-refractivity contribution is 6.16. The molecule has 0 saturated heterocycles. The van der Waals surface area contributed by atoms with Crippen molar-refractivity contribution in [3.63, 3.8) is 0 Å². The van der Waals surface area contributed by atoms with Crippen LogP contribution in [0.5, 0.6) is 0 Å². The standard InChI is InChI=1S/C12H8ClNO2/c13-5-12-14-6-11(16-12)9-7-15-10-4-2-1-3-8(9)10/h1-4,6-7H,5H2. The first kappa shape index (κ1) is 9.48. The van der Waals surface area contributed by atoms with Crippen LogP contribution in [0.2, 0.25) is 0 Å². The molecule has 0 fully saturated rings. The molecule has 0 aliphatic carbocycles. The number of rotatable bonds is 2. The van der Waals surface area contributed by atoms with E-state index in [2.05, 4.69) is 4.98 Å². The minimum absolute atomic E-state index is 0.274. The largest absolute Gasteiger partial charge is 0.464 e. The van der Waals surface area contributed by atoms with Crippen molar-refractivity contribution >= 4 is 22.6 Å². The van der Waals surface area contributed by atoms with E-state index in [-0.39, 0.29) is 5.88 Å². The SMILES string of the molecule is ClCc1ncc(-c2coc3ccccc23)o1. The number of benzene rings is 1. The lowest BCUT2D eigenvalue weighted by atomic mass is 10.1. The van der Waals surface area contributed by atoms with E-state index in [1.54, 1.807) is 12.5 Å². The summed E-state index contributed by atoms with van der Waals surface area (Å²) < 4.78 is 10.9. The predicted molar refractivity (Wildman–Crippen MR) is 61.3 cm³/mol. The topological polar surface area (TPSA) is 39.2 Å². The maximum Gasteiger partial charge on any atom is 0.209 e. The first-order valence-corrected chi connectivity index (χ1v) is 5.39. The minimum Gasteiger partial charge on any atom is -0.464 e. The number of para-hydroxylation sites is 1. The van der Waals surface area contributed by atoms with Crippen LogP contribution in [0, 0.1) is 0 Å². The molecule has 2 heterocycles. The van der Waals surface area contributed by atoms with Gasteiger partial charge in [-0.25, -0.2) is 4.98 Å². The minimum atomic E-state index is 0.274. The maximum atomic E-state index is 5.64. The molecule has 4 heteroatoms. The number of aromatic nitrogens is 1. The van der Waals surface area contributed by atoms with E-state index in [0.717, 1.165) is 16.5 Å². The van der Waals surface area contributed by atoms with Gasteiger partial charge in [-0.2, -0.15) is 0 Å². The van der Waals surface area contributed by atoms with Crippen LogP contribution in [0.1, 0.15) is 5.89 Å². The summed E-state index contributed by atoms with van der Waals surface area (Å²) in [5, 5.41) is 1.01. The number of furan rings is 1. The Balaban J connectivity index is 2.18. The highest BCUT2D eigenvalue weighted by Gasteiger charge is 2.11. The zero-order chi connectivity index (χ0) is 11.0. The molecule has 0 saturated carbocycles. The van der Waals surface area contributed by atoms with E-state index in [0.29, 0.717) is 11.7 Å². The van der Waals surface area contributed by atoms with Crippen LogP contribution in [0.4, 0.5) is 0 Å². The van der Waals surface area contributed by atoms with Crippen LogP contribution in [0.25, 0.3) is 22.3 Å². The molecule has 3 aromatic rings. The van der Waals surface area contributed by atoms with E-state index in [1.165, 1.54) is 0 Å². The van der Waals surface area contributed by atoms with Gasteiger partial charge in [-0.05, 0) is 6.07 Å². The molecule has 0 spiro atoms. The van der Waals surface area contributed by atoms with Gasteiger partial charge >= 0.3 is 0 Å². The van der Waals surface area contributed by atoms with Crippen LogP contribution >= 0.6 is 11.6 Å². The summed E-state index contributed by atoms with van der Waals surface area (Å²) in [5.74, 6) is 1.47. The molecular formula is C12H8ClNO2. The second-order valence-corrected chi connectivity index (χ2v) is 3.66. The summed E-state index contributed by atoms with van der Waals surface area (Å²) in [5.41, 5.74) is 1.74. The molecule has 16 heavy (non-hydrogen) atoms. The molecule has 0 bridgehead atoms. The fourth-order valence-electron chi connectivity index (χ4n) is 1.67. The van der Waals surface area contributed by atoms with E-state index >= 15 is 0 Å². The lowest BCUT2D eigenvalue weighted by molar-refractivity contribution is 0.527. The molecule has 3 rings (SSSR count). The number of hydrogen-bond donors (Lipinski definition) is 0. The fraction of sp³-hybridized carbons (Fsp3) is 0.0833. The molecule has 3 nitrogen and oxygen atoms in total. The molecular weight excluding hydrogens is 226 g/mol. The molecule has 2 aromatic heterocycles. The second-order valence-electron chi connectivity index (χ2n) is 3.40. The number of fused-ring (bicyclic) bond motifs is 1. The molecule has 0 aliphatic heterocycles. The van der Waals surface area contributed by atoms with Crippen molar-refractivity contribution in [3.8, 4) is 11.3 Å². The van der Waals surface area contributed by atoms with Crippen molar-refractivity contribution in [2.24, 2.45) is 0 Å². The summed E-state index contributed by atoms with van der Waals surface area (Å²) in [4.78, 5) is 4.06. The van der Waals surface area contributed by atoms with Crippen LogP contribution < -0.4 is 0 Å². The van der Waals surface area contributed by atoms with Gasteiger partial charge < -0.3 is 8.83 Å². The van der Waals surface area contributed by atoms with E-state index in [9.17, 15) is 0 Å². The molecule has 0 amide bonds. The molecule has 0 unspecified atom stereocenters. The van der Waals surface area contributed by atoms with Crippen LogP contribution in [0.15, 0.2) is 45.6 Å². The molecule has 0 aliphatic rings. The monoisotopic (exact) mass is 233 g/mol. The Morgan fingerprint density at radius 2 is 2.12 bits per heavy atom. The number of alkyl halides is 1. The highest BCUT2D eigenvalue weighted by atomic mass is 35.5. The fourth-order valence-corrected chi connectivity index (χ4v) is 1.79. The lowest BCUT2D eigenvalue weighted by Crippen LogP contribution is -1.71. The average molecular weight is 234 g/mol. The third kappa shape index (κ3) is 1.41. The van der Waals surface area contributed by atoms with E-state index in [4.69, 9.17) is 20.4 Å². The third-order valence-electron chi connectivity index (χ3n) is 2.41. The Hall–Kier alpha value is -1.74. The van der Waals surface area contributed by atoms with Gasteiger partial charge in [-0.15, -0.1) is 11.6 Å². The van der Waals surface area contributed by atoms with Gasteiger partial charge in [0.05, 0.1) is 17.6 Å². The summed E-state index contributed by atoms with van der Waals surface area (Å²) in [6.07, 6.45) is 3.33.